The number of ether oxygens (including phenoxy) is 4. The van der Waals surface area contributed by atoms with E-state index in [-0.39, 0.29) is 47.6 Å². The standard InChI is InChI=1S/C22H31NO6/c1-5-12(24)9-21-14-6-7-23(21)13-8-15(21)28-22(14)16(13)10(2)18(29-22)19-17(26-4)11(3)20(25)27-19/h10,12-16,18-19,24H,5-9H2,1-4H3/t10-,12-,13-,14+,15-,16+,18-,19-,21-,22+/m0/s1. The molecule has 1 unspecified atom stereocenters. The number of fused-ring (bicyclic) bond motifs is 1. The first kappa shape index (κ1) is 18.6. The molecule has 1 N–H and O–H groups in total. The topological polar surface area (TPSA) is 77.5 Å². The van der Waals surface area contributed by atoms with Gasteiger partial charge in [0.25, 0.3) is 0 Å². The average molecular weight is 405 g/mol. The lowest BCUT2D eigenvalue weighted by atomic mass is 9.69. The third kappa shape index (κ3) is 1.92. The van der Waals surface area contributed by atoms with Gasteiger partial charge >= 0.3 is 5.97 Å². The van der Waals surface area contributed by atoms with Gasteiger partial charge in [0.2, 0.25) is 0 Å². The molecule has 6 aliphatic heterocycles. The van der Waals surface area contributed by atoms with Crippen molar-refractivity contribution in [1.29, 1.82) is 0 Å². The summed E-state index contributed by atoms with van der Waals surface area (Å²) in [5, 5.41) is 10.6. The van der Waals surface area contributed by atoms with Gasteiger partial charge < -0.3 is 24.1 Å². The summed E-state index contributed by atoms with van der Waals surface area (Å²) >= 11 is 0. The predicted molar refractivity (Wildman–Crippen MR) is 102 cm³/mol. The van der Waals surface area contributed by atoms with E-state index < -0.39 is 11.9 Å². The van der Waals surface area contributed by atoms with Crippen LogP contribution in [-0.4, -0.2) is 71.4 Å². The summed E-state index contributed by atoms with van der Waals surface area (Å²) in [6, 6.07) is 0.407. The molecule has 5 fully saturated rings. The van der Waals surface area contributed by atoms with Crippen molar-refractivity contribution in [2.75, 3.05) is 13.7 Å². The number of carbonyl (C=O) groups excluding carboxylic acids is 1. The van der Waals surface area contributed by atoms with E-state index in [0.717, 1.165) is 32.2 Å². The zero-order valence-corrected chi connectivity index (χ0v) is 17.6. The number of piperidine rings is 1. The molecule has 5 saturated heterocycles. The molecule has 160 valence electrons. The molecule has 0 aliphatic carbocycles. The first-order valence-electron chi connectivity index (χ1n) is 11.1. The highest BCUT2D eigenvalue weighted by Crippen LogP contribution is 2.72. The van der Waals surface area contributed by atoms with Crippen LogP contribution in [0.1, 0.15) is 46.5 Å². The summed E-state index contributed by atoms with van der Waals surface area (Å²) in [5.74, 6) is 0.335. The molecule has 29 heavy (non-hydrogen) atoms. The smallest absolute Gasteiger partial charge is 0.338 e. The van der Waals surface area contributed by atoms with Gasteiger partial charge in [0.1, 0.15) is 11.9 Å². The zero-order chi connectivity index (χ0) is 20.3. The first-order chi connectivity index (χ1) is 13.9. The molecule has 0 saturated carbocycles. The normalized spacial score (nSPS) is 55.0. The Hall–Kier alpha value is -1.15. The summed E-state index contributed by atoms with van der Waals surface area (Å²) in [5.41, 5.74) is 0.427. The summed E-state index contributed by atoms with van der Waals surface area (Å²) in [7, 11) is 1.59. The van der Waals surface area contributed by atoms with E-state index in [2.05, 4.69) is 11.8 Å². The molecule has 6 aliphatic rings. The predicted octanol–water partition coefficient (Wildman–Crippen LogP) is 1.59. The highest BCUT2D eigenvalue weighted by Gasteiger charge is 2.84. The molecular weight excluding hydrogens is 374 g/mol. The van der Waals surface area contributed by atoms with Crippen LogP contribution in [0.3, 0.4) is 0 Å². The molecule has 0 amide bonds. The van der Waals surface area contributed by atoms with Crippen molar-refractivity contribution in [2.45, 2.75) is 88.2 Å². The molecule has 11 atom stereocenters. The van der Waals surface area contributed by atoms with Gasteiger partial charge in [0.05, 0.1) is 30.4 Å². The van der Waals surface area contributed by atoms with Gasteiger partial charge in [0.15, 0.2) is 11.9 Å². The van der Waals surface area contributed by atoms with Gasteiger partial charge in [-0.3, -0.25) is 4.90 Å². The van der Waals surface area contributed by atoms with Crippen LogP contribution in [0.25, 0.3) is 0 Å². The maximum Gasteiger partial charge on any atom is 0.338 e. The van der Waals surface area contributed by atoms with Crippen molar-refractivity contribution in [3.8, 4) is 0 Å². The maximum absolute atomic E-state index is 12.2. The minimum Gasteiger partial charge on any atom is -0.496 e. The Bertz CT molecular complexity index is 798. The Morgan fingerprint density at radius 1 is 1.38 bits per heavy atom. The number of hydrogen-bond donors (Lipinski definition) is 1. The molecular formula is C22H31NO6. The summed E-state index contributed by atoms with van der Waals surface area (Å²) in [6.45, 7) is 7.06. The quantitative estimate of drug-likeness (QED) is 0.696. The molecule has 6 heterocycles. The van der Waals surface area contributed by atoms with Gasteiger partial charge in [-0.15, -0.1) is 0 Å². The van der Waals surface area contributed by atoms with Crippen LogP contribution >= 0.6 is 0 Å². The summed E-state index contributed by atoms with van der Waals surface area (Å²) in [6.07, 6.45) is 2.59. The Morgan fingerprint density at radius 2 is 2.17 bits per heavy atom. The monoisotopic (exact) mass is 405 g/mol. The molecule has 1 spiro atoms. The maximum atomic E-state index is 12.2. The second-order valence-electron chi connectivity index (χ2n) is 9.91. The molecule has 6 rings (SSSR count). The van der Waals surface area contributed by atoms with Crippen molar-refractivity contribution in [1.82, 2.24) is 4.90 Å². The fraction of sp³-hybridized carbons (Fsp3) is 0.864. The molecule has 0 aromatic rings. The Balaban J connectivity index is 1.39. The molecule has 0 radical (unpaired) electrons. The third-order valence-corrected chi connectivity index (χ3v) is 9.03. The van der Waals surface area contributed by atoms with Crippen molar-refractivity contribution in [3.05, 3.63) is 11.3 Å². The molecule has 5 bridgehead atoms. The Kier molecular flexibility index (Phi) is 3.69. The van der Waals surface area contributed by atoms with Crippen LogP contribution < -0.4 is 0 Å². The highest BCUT2D eigenvalue weighted by atomic mass is 16.7. The second kappa shape index (κ2) is 5.75. The van der Waals surface area contributed by atoms with E-state index in [0.29, 0.717) is 17.4 Å². The zero-order valence-electron chi connectivity index (χ0n) is 17.6. The van der Waals surface area contributed by atoms with Crippen molar-refractivity contribution in [2.24, 2.45) is 17.8 Å². The second-order valence-corrected chi connectivity index (χ2v) is 9.91. The van der Waals surface area contributed by atoms with Crippen molar-refractivity contribution in [3.63, 3.8) is 0 Å². The number of esters is 1. The fourth-order valence-corrected chi connectivity index (χ4v) is 8.02. The van der Waals surface area contributed by atoms with Gasteiger partial charge in [-0.25, -0.2) is 4.79 Å². The van der Waals surface area contributed by atoms with E-state index in [4.69, 9.17) is 18.9 Å². The summed E-state index contributed by atoms with van der Waals surface area (Å²) < 4.78 is 24.8. The third-order valence-electron chi connectivity index (χ3n) is 9.03. The largest absolute Gasteiger partial charge is 0.496 e. The van der Waals surface area contributed by atoms with E-state index in [1.807, 2.05) is 6.92 Å². The lowest BCUT2D eigenvalue weighted by Crippen LogP contribution is -2.61. The molecule has 0 aromatic heterocycles. The number of hydrogen-bond acceptors (Lipinski definition) is 7. The number of methoxy groups -OCH3 is 1. The van der Waals surface area contributed by atoms with Crippen molar-refractivity contribution >= 4 is 5.97 Å². The van der Waals surface area contributed by atoms with Crippen molar-refractivity contribution < 1.29 is 28.8 Å². The molecule has 7 heteroatoms. The van der Waals surface area contributed by atoms with Gasteiger partial charge in [-0.1, -0.05) is 13.8 Å². The van der Waals surface area contributed by atoms with Crippen LogP contribution in [0.4, 0.5) is 0 Å². The van der Waals surface area contributed by atoms with Gasteiger partial charge in [-0.2, -0.15) is 0 Å². The minimum absolute atomic E-state index is 0.104. The number of aliphatic hydroxyl groups excluding tert-OH is 1. The van der Waals surface area contributed by atoms with Crippen LogP contribution in [0.2, 0.25) is 0 Å². The number of aliphatic hydroxyl groups is 1. The summed E-state index contributed by atoms with van der Waals surface area (Å²) in [4.78, 5) is 14.9. The Morgan fingerprint density at radius 3 is 2.90 bits per heavy atom. The van der Waals surface area contributed by atoms with E-state index in [1.165, 1.54) is 0 Å². The fourth-order valence-electron chi connectivity index (χ4n) is 8.02. The van der Waals surface area contributed by atoms with Crippen LogP contribution in [0.15, 0.2) is 11.3 Å². The van der Waals surface area contributed by atoms with E-state index in [9.17, 15) is 9.90 Å². The Labute approximate surface area is 171 Å². The number of rotatable bonds is 5. The lowest BCUT2D eigenvalue weighted by Gasteiger charge is -2.49. The van der Waals surface area contributed by atoms with Gasteiger partial charge in [-0.05, 0) is 45.1 Å². The minimum atomic E-state index is -0.625. The first-order valence-corrected chi connectivity index (χ1v) is 11.1. The number of carbonyl (C=O) groups is 1. The van der Waals surface area contributed by atoms with Crippen LogP contribution in [0.5, 0.6) is 0 Å². The van der Waals surface area contributed by atoms with Crippen LogP contribution in [0, 0.1) is 17.8 Å². The average Bonchev–Trinajstić information content (AvgIpc) is 3.40. The highest BCUT2D eigenvalue weighted by molar-refractivity contribution is 5.91. The van der Waals surface area contributed by atoms with Crippen LogP contribution in [-0.2, 0) is 23.7 Å². The lowest BCUT2D eigenvalue weighted by molar-refractivity contribution is -0.280. The SMILES string of the molecule is CC[C@H](O)C[C@@]12[C@@H]3C[C@H]4[C@H]5[C@H](C)[C@@H]([C@H]6OC(=O)C(C)=C6OC)O[C@]5(O3)[C@@H]1CCN42. The number of cyclic esters (lactones) is 1. The van der Waals surface area contributed by atoms with Gasteiger partial charge in [0, 0.05) is 17.9 Å². The van der Waals surface area contributed by atoms with E-state index in [1.54, 1.807) is 14.0 Å². The number of nitrogens with zero attached hydrogens (tertiary/aromatic N) is 1. The van der Waals surface area contributed by atoms with E-state index >= 15 is 0 Å². The molecule has 7 nitrogen and oxygen atoms in total. The molecule has 0 aromatic carbocycles.